The molecule has 0 atom stereocenters. The van der Waals surface area contributed by atoms with Gasteiger partial charge < -0.3 is 10.1 Å². The Bertz CT molecular complexity index is 1190. The molecule has 9 heteroatoms. The number of methoxy groups -OCH3 is 1. The van der Waals surface area contributed by atoms with Crippen molar-refractivity contribution >= 4 is 42.6 Å². The van der Waals surface area contributed by atoms with Gasteiger partial charge in [-0.1, -0.05) is 23.5 Å². The number of nitrogens with zero attached hydrogens (tertiary/aromatic N) is 1. The van der Waals surface area contributed by atoms with Crippen LogP contribution in [0.15, 0.2) is 41.3 Å². The maximum atomic E-state index is 12.6. The van der Waals surface area contributed by atoms with Crippen LogP contribution >= 0.6 is 11.3 Å². The number of aryl methyl sites for hydroxylation is 2. The first-order valence-corrected chi connectivity index (χ1v) is 12.1. The van der Waals surface area contributed by atoms with Gasteiger partial charge in [0.2, 0.25) is 15.9 Å². The molecule has 1 aromatic heterocycles. The normalized spacial score (nSPS) is 13.8. The Morgan fingerprint density at radius 3 is 2.77 bits per heavy atom. The predicted molar refractivity (Wildman–Crippen MR) is 118 cm³/mol. The van der Waals surface area contributed by atoms with E-state index in [-0.39, 0.29) is 23.8 Å². The Morgan fingerprint density at radius 2 is 1.97 bits per heavy atom. The van der Waals surface area contributed by atoms with Crippen molar-refractivity contribution in [3.8, 4) is 5.75 Å². The maximum Gasteiger partial charge on any atom is 0.240 e. The van der Waals surface area contributed by atoms with Gasteiger partial charge in [-0.15, -0.1) is 0 Å². The van der Waals surface area contributed by atoms with E-state index < -0.39 is 10.0 Å². The zero-order valence-corrected chi connectivity index (χ0v) is 18.2. The molecule has 2 aromatic carbocycles. The first-order valence-electron chi connectivity index (χ1n) is 9.81. The summed E-state index contributed by atoms with van der Waals surface area (Å²) in [5.41, 5.74) is 3.02. The molecule has 0 saturated carbocycles. The highest BCUT2D eigenvalue weighted by Crippen LogP contribution is 2.32. The number of sulfonamides is 1. The average molecular weight is 446 g/mol. The monoisotopic (exact) mass is 445 g/mol. The van der Waals surface area contributed by atoms with Gasteiger partial charge in [0.1, 0.15) is 11.3 Å². The first-order chi connectivity index (χ1) is 14.5. The number of anilines is 1. The van der Waals surface area contributed by atoms with Gasteiger partial charge >= 0.3 is 0 Å². The van der Waals surface area contributed by atoms with Crippen LogP contribution in [0.3, 0.4) is 0 Å². The van der Waals surface area contributed by atoms with E-state index in [1.807, 2.05) is 24.3 Å². The van der Waals surface area contributed by atoms with Crippen LogP contribution in [0.5, 0.6) is 5.75 Å². The lowest BCUT2D eigenvalue weighted by Gasteiger charge is -2.16. The van der Waals surface area contributed by atoms with Gasteiger partial charge in [-0.25, -0.2) is 18.1 Å². The standard InChI is InChI=1S/C21H23N3O4S2/c1-28-17-7-4-8-18-20(17)24-21(29-18)23-19(25)11-12-22-30(26,27)16-10-9-14-5-2-3-6-15(14)13-16/h4,7-10,13,22H,2-3,5-6,11-12H2,1H3,(H,23,24,25). The molecule has 0 radical (unpaired) electrons. The van der Waals surface area contributed by atoms with Crippen LogP contribution in [0, 0.1) is 0 Å². The molecular formula is C21H23N3O4S2. The third-order valence-electron chi connectivity index (χ3n) is 5.12. The third kappa shape index (κ3) is 4.48. The molecule has 7 nitrogen and oxygen atoms in total. The van der Waals surface area contributed by atoms with E-state index in [0.29, 0.717) is 16.4 Å². The molecule has 1 amide bonds. The molecule has 30 heavy (non-hydrogen) atoms. The van der Waals surface area contributed by atoms with Crippen molar-refractivity contribution in [3.05, 3.63) is 47.5 Å². The number of hydrogen-bond donors (Lipinski definition) is 2. The fourth-order valence-electron chi connectivity index (χ4n) is 3.58. The lowest BCUT2D eigenvalue weighted by molar-refractivity contribution is -0.116. The van der Waals surface area contributed by atoms with Crippen molar-refractivity contribution in [2.75, 3.05) is 19.0 Å². The van der Waals surface area contributed by atoms with Crippen LogP contribution in [-0.4, -0.2) is 33.0 Å². The molecule has 158 valence electrons. The molecule has 0 unspecified atom stereocenters. The molecule has 0 fully saturated rings. The summed E-state index contributed by atoms with van der Waals surface area (Å²) in [6, 6.07) is 10.9. The number of ether oxygens (including phenoxy) is 1. The predicted octanol–water partition coefficient (Wildman–Crippen LogP) is 3.49. The summed E-state index contributed by atoms with van der Waals surface area (Å²) in [6.45, 7) is 0.0134. The number of para-hydroxylation sites is 1. The van der Waals surface area contributed by atoms with Crippen LogP contribution in [0.2, 0.25) is 0 Å². The number of carbonyl (C=O) groups excluding carboxylic acids is 1. The number of nitrogens with one attached hydrogen (secondary N) is 2. The summed E-state index contributed by atoms with van der Waals surface area (Å²) in [6.07, 6.45) is 4.15. The molecule has 1 aliphatic rings. The van der Waals surface area contributed by atoms with Crippen molar-refractivity contribution in [1.82, 2.24) is 9.71 Å². The van der Waals surface area contributed by atoms with Crippen molar-refractivity contribution in [2.24, 2.45) is 0 Å². The summed E-state index contributed by atoms with van der Waals surface area (Å²) in [4.78, 5) is 16.9. The van der Waals surface area contributed by atoms with Gasteiger partial charge in [0.05, 0.1) is 16.7 Å². The second kappa shape index (κ2) is 8.71. The van der Waals surface area contributed by atoms with Gasteiger partial charge in [-0.3, -0.25) is 4.79 Å². The lowest BCUT2D eigenvalue weighted by Crippen LogP contribution is -2.28. The average Bonchev–Trinajstić information content (AvgIpc) is 3.15. The largest absolute Gasteiger partial charge is 0.494 e. The molecule has 0 bridgehead atoms. The first kappa shape index (κ1) is 20.8. The Labute approximate surface area is 179 Å². The topological polar surface area (TPSA) is 97.4 Å². The van der Waals surface area contributed by atoms with Crippen LogP contribution in [0.4, 0.5) is 5.13 Å². The molecule has 1 heterocycles. The highest BCUT2D eigenvalue weighted by Gasteiger charge is 2.18. The summed E-state index contributed by atoms with van der Waals surface area (Å²) in [5.74, 6) is 0.336. The summed E-state index contributed by atoms with van der Waals surface area (Å²) in [7, 11) is -2.08. The lowest BCUT2D eigenvalue weighted by atomic mass is 9.92. The van der Waals surface area contributed by atoms with Gasteiger partial charge in [0.15, 0.2) is 5.13 Å². The van der Waals surface area contributed by atoms with Crippen molar-refractivity contribution in [1.29, 1.82) is 0 Å². The molecule has 0 aliphatic heterocycles. The third-order valence-corrected chi connectivity index (χ3v) is 7.52. The van der Waals surface area contributed by atoms with E-state index in [9.17, 15) is 13.2 Å². The number of carbonyl (C=O) groups is 1. The number of hydrogen-bond acceptors (Lipinski definition) is 6. The highest BCUT2D eigenvalue weighted by atomic mass is 32.2. The summed E-state index contributed by atoms with van der Waals surface area (Å²) < 4.78 is 33.9. The van der Waals surface area contributed by atoms with Crippen LogP contribution in [-0.2, 0) is 27.7 Å². The second-order valence-electron chi connectivity index (χ2n) is 7.16. The van der Waals surface area contributed by atoms with Gasteiger partial charge in [0, 0.05) is 13.0 Å². The van der Waals surface area contributed by atoms with Crippen molar-refractivity contribution < 1.29 is 17.9 Å². The minimum atomic E-state index is -3.65. The van der Waals surface area contributed by atoms with Gasteiger partial charge in [-0.2, -0.15) is 0 Å². The molecule has 1 aliphatic carbocycles. The van der Waals surface area contributed by atoms with E-state index >= 15 is 0 Å². The SMILES string of the molecule is COc1cccc2sc(NC(=O)CCNS(=O)(=O)c3ccc4c(c3)CCCC4)nc12. The van der Waals surface area contributed by atoms with E-state index in [1.54, 1.807) is 19.2 Å². The fraction of sp³-hybridized carbons (Fsp3) is 0.333. The van der Waals surface area contributed by atoms with E-state index in [4.69, 9.17) is 4.74 Å². The number of benzene rings is 2. The van der Waals surface area contributed by atoms with Gasteiger partial charge in [-0.05, 0) is 61.1 Å². The van der Waals surface area contributed by atoms with Crippen LogP contribution in [0.25, 0.3) is 10.2 Å². The molecule has 4 rings (SSSR count). The Hall–Kier alpha value is -2.49. The zero-order chi connectivity index (χ0) is 21.1. The molecule has 3 aromatic rings. The molecule has 2 N–H and O–H groups in total. The highest BCUT2D eigenvalue weighted by molar-refractivity contribution is 7.89. The second-order valence-corrected chi connectivity index (χ2v) is 9.96. The summed E-state index contributed by atoms with van der Waals surface area (Å²) >= 11 is 1.34. The number of aromatic nitrogens is 1. The zero-order valence-electron chi connectivity index (χ0n) is 16.6. The Kier molecular flexibility index (Phi) is 6.03. The van der Waals surface area contributed by atoms with Crippen molar-refractivity contribution in [3.63, 3.8) is 0 Å². The Morgan fingerprint density at radius 1 is 1.17 bits per heavy atom. The molecular weight excluding hydrogens is 422 g/mol. The van der Waals surface area contributed by atoms with Gasteiger partial charge in [0.25, 0.3) is 0 Å². The molecule has 0 spiro atoms. The van der Waals surface area contributed by atoms with E-state index in [2.05, 4.69) is 15.0 Å². The number of thiazole rings is 1. The van der Waals surface area contributed by atoms with Crippen molar-refractivity contribution in [2.45, 2.75) is 37.0 Å². The molecule has 0 saturated heterocycles. The number of fused-ring (bicyclic) bond motifs is 2. The number of rotatable bonds is 7. The minimum absolute atomic E-state index is 0.0111. The van der Waals surface area contributed by atoms with E-state index in [0.717, 1.165) is 35.9 Å². The van der Waals surface area contributed by atoms with Crippen LogP contribution in [0.1, 0.15) is 30.4 Å². The van der Waals surface area contributed by atoms with Crippen LogP contribution < -0.4 is 14.8 Å². The smallest absolute Gasteiger partial charge is 0.240 e. The quantitative estimate of drug-likeness (QED) is 0.580. The number of amides is 1. The fourth-order valence-corrected chi connectivity index (χ4v) is 5.56. The maximum absolute atomic E-state index is 12.6. The minimum Gasteiger partial charge on any atom is -0.494 e. The van der Waals surface area contributed by atoms with E-state index in [1.165, 1.54) is 16.9 Å². The Balaban J connectivity index is 1.35. The summed E-state index contributed by atoms with van der Waals surface area (Å²) in [5, 5.41) is 3.18.